The standard InChI is InChI=1S/C18H19NO2S2/c20-17-15(9-14-2-1-3-21-14)23-18(22)19(17)16-12-5-10-4-11(7-12)8-13(16)6-10/h1-3,9-13,16H,4-8H2/b15-9+. The maximum Gasteiger partial charge on any atom is 0.266 e. The molecule has 2 heterocycles. The fourth-order valence-electron chi connectivity index (χ4n) is 5.56. The molecule has 4 bridgehead atoms. The Morgan fingerprint density at radius 2 is 1.87 bits per heavy atom. The second-order valence-electron chi connectivity index (χ2n) is 7.49. The molecular weight excluding hydrogens is 326 g/mol. The van der Waals surface area contributed by atoms with Gasteiger partial charge in [-0.05, 0) is 67.9 Å². The molecule has 120 valence electrons. The van der Waals surface area contributed by atoms with Gasteiger partial charge in [-0.3, -0.25) is 9.69 Å². The molecule has 5 heteroatoms. The van der Waals surface area contributed by atoms with Crippen molar-refractivity contribution in [3.8, 4) is 0 Å². The Balaban J connectivity index is 1.45. The van der Waals surface area contributed by atoms with E-state index in [1.54, 1.807) is 6.26 Å². The van der Waals surface area contributed by atoms with Crippen LogP contribution in [-0.4, -0.2) is 21.2 Å². The predicted molar refractivity (Wildman–Crippen MR) is 94.6 cm³/mol. The smallest absolute Gasteiger partial charge is 0.266 e. The molecule has 1 saturated heterocycles. The van der Waals surface area contributed by atoms with Gasteiger partial charge in [0.2, 0.25) is 0 Å². The van der Waals surface area contributed by atoms with Crippen LogP contribution in [0.3, 0.4) is 0 Å². The summed E-state index contributed by atoms with van der Waals surface area (Å²) in [6, 6.07) is 4.05. The summed E-state index contributed by atoms with van der Waals surface area (Å²) in [4.78, 5) is 15.6. The molecule has 5 fully saturated rings. The summed E-state index contributed by atoms with van der Waals surface area (Å²) in [7, 11) is 0. The number of amides is 1. The first-order valence-corrected chi connectivity index (χ1v) is 9.72. The lowest BCUT2D eigenvalue weighted by Crippen LogP contribution is -2.57. The van der Waals surface area contributed by atoms with E-state index in [0.717, 1.165) is 21.9 Å². The molecule has 0 aromatic carbocycles. The maximum absolute atomic E-state index is 13.0. The molecule has 23 heavy (non-hydrogen) atoms. The molecule has 0 unspecified atom stereocenters. The molecule has 3 nitrogen and oxygen atoms in total. The number of carbonyl (C=O) groups excluding carboxylic acids is 1. The van der Waals surface area contributed by atoms with Crippen LogP contribution in [0.4, 0.5) is 0 Å². The van der Waals surface area contributed by atoms with Crippen LogP contribution in [-0.2, 0) is 4.79 Å². The monoisotopic (exact) mass is 345 g/mol. The van der Waals surface area contributed by atoms with Crippen molar-refractivity contribution in [3.05, 3.63) is 29.1 Å². The zero-order valence-electron chi connectivity index (χ0n) is 12.8. The fourth-order valence-corrected chi connectivity index (χ4v) is 6.88. The Kier molecular flexibility index (Phi) is 3.24. The highest BCUT2D eigenvalue weighted by Crippen LogP contribution is 2.56. The van der Waals surface area contributed by atoms with Crippen LogP contribution in [0.5, 0.6) is 0 Å². The minimum Gasteiger partial charge on any atom is -0.465 e. The lowest BCUT2D eigenvalue weighted by Gasteiger charge is -2.56. The molecule has 1 aliphatic heterocycles. The van der Waals surface area contributed by atoms with E-state index in [2.05, 4.69) is 0 Å². The summed E-state index contributed by atoms with van der Waals surface area (Å²) in [5, 5.41) is 0. The van der Waals surface area contributed by atoms with E-state index in [0.29, 0.717) is 22.8 Å². The number of rotatable bonds is 2. The number of hydrogen-bond donors (Lipinski definition) is 0. The number of carbonyl (C=O) groups is 1. The van der Waals surface area contributed by atoms with E-state index in [-0.39, 0.29) is 5.91 Å². The van der Waals surface area contributed by atoms with Crippen LogP contribution in [0.25, 0.3) is 6.08 Å². The lowest BCUT2D eigenvalue weighted by atomic mass is 9.54. The van der Waals surface area contributed by atoms with Gasteiger partial charge in [0.15, 0.2) is 0 Å². The van der Waals surface area contributed by atoms with Gasteiger partial charge in [0.25, 0.3) is 5.91 Å². The van der Waals surface area contributed by atoms with Gasteiger partial charge in [-0.25, -0.2) is 0 Å². The van der Waals surface area contributed by atoms with Gasteiger partial charge in [0.05, 0.1) is 11.2 Å². The number of thiocarbonyl (C=S) groups is 1. The highest BCUT2D eigenvalue weighted by Gasteiger charge is 2.53. The Hall–Kier alpha value is -1.07. The number of furan rings is 1. The SMILES string of the molecule is O=C1/C(=C\c2ccco2)SC(=S)N1C1C2CC3CC(C2)CC1C3. The minimum absolute atomic E-state index is 0.0915. The first-order valence-electron chi connectivity index (χ1n) is 8.49. The predicted octanol–water partition coefficient (Wildman–Crippen LogP) is 4.31. The zero-order chi connectivity index (χ0) is 15.6. The van der Waals surface area contributed by atoms with E-state index in [4.69, 9.17) is 16.6 Å². The van der Waals surface area contributed by atoms with Gasteiger partial charge in [0, 0.05) is 12.1 Å². The molecule has 5 aliphatic rings. The van der Waals surface area contributed by atoms with Crippen molar-refractivity contribution in [1.29, 1.82) is 0 Å². The number of hydrogen-bond acceptors (Lipinski definition) is 4. The van der Waals surface area contributed by atoms with E-state index >= 15 is 0 Å². The summed E-state index contributed by atoms with van der Waals surface area (Å²) in [6.07, 6.45) is 10.1. The second kappa shape index (κ2) is 5.21. The molecule has 4 saturated carbocycles. The van der Waals surface area contributed by atoms with Crippen molar-refractivity contribution in [2.24, 2.45) is 23.7 Å². The van der Waals surface area contributed by atoms with Gasteiger partial charge >= 0.3 is 0 Å². The Bertz CT molecular complexity index is 666. The lowest BCUT2D eigenvalue weighted by molar-refractivity contribution is -0.130. The van der Waals surface area contributed by atoms with Crippen molar-refractivity contribution in [2.45, 2.75) is 38.1 Å². The van der Waals surface area contributed by atoms with Gasteiger partial charge < -0.3 is 4.42 Å². The third-order valence-electron chi connectivity index (χ3n) is 6.12. The summed E-state index contributed by atoms with van der Waals surface area (Å²) in [6.45, 7) is 0. The molecular formula is C18H19NO2S2. The first kappa shape index (κ1) is 14.3. The normalized spacial score (nSPS) is 40.6. The van der Waals surface area contributed by atoms with E-state index in [1.807, 2.05) is 23.1 Å². The van der Waals surface area contributed by atoms with E-state index < -0.39 is 0 Å². The van der Waals surface area contributed by atoms with Crippen molar-refractivity contribution in [3.63, 3.8) is 0 Å². The van der Waals surface area contributed by atoms with E-state index in [9.17, 15) is 4.79 Å². The summed E-state index contributed by atoms with van der Waals surface area (Å²) in [5.41, 5.74) is 0. The van der Waals surface area contributed by atoms with Crippen molar-refractivity contribution in [2.75, 3.05) is 0 Å². The summed E-state index contributed by atoms with van der Waals surface area (Å²) >= 11 is 7.02. The van der Waals surface area contributed by atoms with Crippen LogP contribution in [0.15, 0.2) is 27.7 Å². The third kappa shape index (κ3) is 2.23. The van der Waals surface area contributed by atoms with E-state index in [1.165, 1.54) is 43.9 Å². The highest BCUT2D eigenvalue weighted by molar-refractivity contribution is 8.26. The van der Waals surface area contributed by atoms with Crippen molar-refractivity contribution < 1.29 is 9.21 Å². The molecule has 0 spiro atoms. The number of thioether (sulfide) groups is 1. The summed E-state index contributed by atoms with van der Waals surface area (Å²) in [5.74, 6) is 3.95. The molecule has 0 atom stereocenters. The van der Waals surface area contributed by atoms with Crippen molar-refractivity contribution in [1.82, 2.24) is 4.90 Å². The first-order chi connectivity index (χ1) is 11.2. The molecule has 1 amide bonds. The Morgan fingerprint density at radius 1 is 1.17 bits per heavy atom. The highest BCUT2D eigenvalue weighted by atomic mass is 32.2. The van der Waals surface area contributed by atoms with Crippen LogP contribution in [0.1, 0.15) is 37.9 Å². The van der Waals surface area contributed by atoms with Gasteiger partial charge in [-0.15, -0.1) is 0 Å². The van der Waals surface area contributed by atoms with Crippen LogP contribution >= 0.6 is 24.0 Å². The van der Waals surface area contributed by atoms with Gasteiger partial charge in [0.1, 0.15) is 10.1 Å². The largest absolute Gasteiger partial charge is 0.465 e. The third-order valence-corrected chi connectivity index (χ3v) is 7.45. The van der Waals surface area contributed by atoms with Crippen molar-refractivity contribution >= 4 is 40.3 Å². The minimum atomic E-state index is 0.0915. The zero-order valence-corrected chi connectivity index (χ0v) is 14.4. The molecule has 0 N–H and O–H groups in total. The molecule has 1 aromatic rings. The topological polar surface area (TPSA) is 33.5 Å². The van der Waals surface area contributed by atoms with Crippen LogP contribution in [0.2, 0.25) is 0 Å². The molecule has 4 aliphatic carbocycles. The summed E-state index contributed by atoms with van der Waals surface area (Å²) < 4.78 is 6.09. The Labute approximate surface area is 145 Å². The second-order valence-corrected chi connectivity index (χ2v) is 9.16. The molecule has 1 aromatic heterocycles. The average molecular weight is 345 g/mol. The molecule has 6 rings (SSSR count). The average Bonchev–Trinajstić information content (AvgIpc) is 3.10. The number of nitrogens with zero attached hydrogens (tertiary/aromatic N) is 1. The van der Waals surface area contributed by atoms with Gasteiger partial charge in [-0.1, -0.05) is 24.0 Å². The Morgan fingerprint density at radius 3 is 2.48 bits per heavy atom. The van der Waals surface area contributed by atoms with Crippen LogP contribution < -0.4 is 0 Å². The van der Waals surface area contributed by atoms with Gasteiger partial charge in [-0.2, -0.15) is 0 Å². The van der Waals surface area contributed by atoms with Crippen LogP contribution in [0, 0.1) is 23.7 Å². The maximum atomic E-state index is 13.0. The quantitative estimate of drug-likeness (QED) is 0.591. The molecule has 0 radical (unpaired) electrons. The fraction of sp³-hybridized carbons (Fsp3) is 0.556.